The zero-order chi connectivity index (χ0) is 36.0. The van der Waals surface area contributed by atoms with E-state index in [1.165, 1.54) is 19.1 Å². The Morgan fingerprint density at radius 2 is 1.50 bits per heavy atom. The zero-order valence-corrected chi connectivity index (χ0v) is 29.0. The lowest BCUT2D eigenvalue weighted by Crippen LogP contribution is -2.85. The van der Waals surface area contributed by atoms with Crippen LogP contribution in [0.2, 0.25) is 0 Å². The first-order valence-corrected chi connectivity index (χ1v) is 16.4. The third kappa shape index (κ3) is 6.09. The average Bonchev–Trinajstić information content (AvgIpc) is 3.18. The molecular formula is C35H48O13. The van der Waals surface area contributed by atoms with E-state index in [9.17, 15) is 34.2 Å². The fraction of sp³-hybridized carbons (Fsp3) is 0.686. The van der Waals surface area contributed by atoms with Crippen molar-refractivity contribution in [2.75, 3.05) is 6.61 Å². The van der Waals surface area contributed by atoms with Crippen LogP contribution in [0.5, 0.6) is 0 Å². The molecule has 2 N–H and O–H groups in total. The number of ether oxygens (including phenoxy) is 6. The Labute approximate surface area is 280 Å². The van der Waals surface area contributed by atoms with Crippen LogP contribution in [0.15, 0.2) is 30.3 Å². The van der Waals surface area contributed by atoms with Crippen molar-refractivity contribution in [3.8, 4) is 0 Å². The molecule has 10 atom stereocenters. The molecule has 3 fully saturated rings. The number of rotatable bonds is 10. The number of aliphatic hydroxyl groups is 2. The third-order valence-electron chi connectivity index (χ3n) is 10.1. The average molecular weight is 677 g/mol. The summed E-state index contributed by atoms with van der Waals surface area (Å²) < 4.78 is 36.7. The number of aliphatic hydroxyl groups excluding tert-OH is 1. The molecule has 1 aromatic rings. The quantitative estimate of drug-likeness (QED) is 0.273. The first-order chi connectivity index (χ1) is 22.3. The Balaban J connectivity index is 2.13. The minimum absolute atomic E-state index is 0.106. The maximum atomic E-state index is 14.0. The second-order valence-electron chi connectivity index (χ2n) is 14.3. The van der Waals surface area contributed by atoms with Gasteiger partial charge >= 0.3 is 29.8 Å². The van der Waals surface area contributed by atoms with Crippen LogP contribution in [-0.2, 0) is 47.6 Å². The van der Waals surface area contributed by atoms with Crippen LogP contribution in [0.3, 0.4) is 0 Å². The molecule has 0 amide bonds. The molecule has 1 saturated heterocycles. The SMILES string of the molecule is CCC(C)C(=O)O[C@H]1[C@@H]2[C@@H](O)[C@@]3(OC2(C)C)[C@](COC(=O)C(C)C)([C@@H]1OC(=O)c1ccccc1)[C@@H](OC(C)=O)[C@@H](OC(C)=O)C[C@]3(C)O. The molecule has 1 heterocycles. The van der Waals surface area contributed by atoms with E-state index in [0.717, 1.165) is 13.8 Å². The van der Waals surface area contributed by atoms with Crippen LogP contribution in [-0.4, -0.2) is 94.0 Å². The Bertz CT molecular complexity index is 1400. The summed E-state index contributed by atoms with van der Waals surface area (Å²) in [4.78, 5) is 66.1. The highest BCUT2D eigenvalue weighted by molar-refractivity contribution is 5.89. The lowest BCUT2D eigenvalue weighted by molar-refractivity contribution is -0.363. The lowest BCUT2D eigenvalue weighted by Gasteiger charge is -2.66. The van der Waals surface area contributed by atoms with Gasteiger partial charge in [0.05, 0.1) is 40.6 Å². The predicted molar refractivity (Wildman–Crippen MR) is 167 cm³/mol. The van der Waals surface area contributed by atoms with Crippen molar-refractivity contribution in [3.05, 3.63) is 35.9 Å². The van der Waals surface area contributed by atoms with E-state index >= 15 is 0 Å². The number of benzene rings is 1. The second-order valence-corrected chi connectivity index (χ2v) is 14.3. The van der Waals surface area contributed by atoms with Gasteiger partial charge in [-0.3, -0.25) is 19.2 Å². The van der Waals surface area contributed by atoms with Gasteiger partial charge in [-0.05, 0) is 39.3 Å². The van der Waals surface area contributed by atoms with Crippen LogP contribution in [0, 0.1) is 23.2 Å². The van der Waals surface area contributed by atoms with Crippen molar-refractivity contribution in [2.24, 2.45) is 23.2 Å². The summed E-state index contributed by atoms with van der Waals surface area (Å²) >= 11 is 0. The molecule has 1 aliphatic heterocycles. The molecule has 1 spiro atoms. The topological polar surface area (TPSA) is 181 Å². The van der Waals surface area contributed by atoms with Gasteiger partial charge in [-0.1, -0.05) is 45.9 Å². The van der Waals surface area contributed by atoms with Crippen molar-refractivity contribution >= 4 is 29.8 Å². The van der Waals surface area contributed by atoms with Crippen molar-refractivity contribution in [2.45, 2.75) is 122 Å². The van der Waals surface area contributed by atoms with E-state index in [4.69, 9.17) is 28.4 Å². The monoisotopic (exact) mass is 676 g/mol. The molecule has 1 aromatic carbocycles. The van der Waals surface area contributed by atoms with Crippen LogP contribution in [0.1, 0.15) is 85.5 Å². The summed E-state index contributed by atoms with van der Waals surface area (Å²) in [5.41, 5.74) is -7.86. The van der Waals surface area contributed by atoms with E-state index in [1.807, 2.05) is 0 Å². The van der Waals surface area contributed by atoms with Crippen LogP contribution in [0.4, 0.5) is 0 Å². The van der Waals surface area contributed by atoms with Crippen molar-refractivity contribution in [1.82, 2.24) is 0 Å². The molecule has 0 radical (unpaired) electrons. The highest BCUT2D eigenvalue weighted by Gasteiger charge is 2.88. The van der Waals surface area contributed by atoms with Crippen LogP contribution < -0.4 is 0 Å². The maximum absolute atomic E-state index is 14.0. The normalized spacial score (nSPS) is 35.5. The second kappa shape index (κ2) is 13.4. The molecule has 266 valence electrons. The van der Waals surface area contributed by atoms with E-state index in [1.54, 1.807) is 59.7 Å². The summed E-state index contributed by atoms with van der Waals surface area (Å²) in [7, 11) is 0. The fourth-order valence-electron chi connectivity index (χ4n) is 7.89. The lowest BCUT2D eigenvalue weighted by atomic mass is 9.45. The molecule has 48 heavy (non-hydrogen) atoms. The maximum Gasteiger partial charge on any atom is 0.338 e. The molecule has 2 bridgehead atoms. The van der Waals surface area contributed by atoms with Gasteiger partial charge in [0.1, 0.15) is 29.8 Å². The highest BCUT2D eigenvalue weighted by atomic mass is 16.6. The minimum atomic E-state index is -2.24. The Morgan fingerprint density at radius 3 is 2.04 bits per heavy atom. The molecule has 4 rings (SSSR count). The van der Waals surface area contributed by atoms with Gasteiger partial charge in [0.25, 0.3) is 0 Å². The third-order valence-corrected chi connectivity index (χ3v) is 10.1. The van der Waals surface area contributed by atoms with Gasteiger partial charge in [-0.2, -0.15) is 0 Å². The summed E-state index contributed by atoms with van der Waals surface area (Å²) in [6.45, 7) is 12.7. The Kier molecular flexibility index (Phi) is 10.4. The van der Waals surface area contributed by atoms with Gasteiger partial charge in [-0.15, -0.1) is 0 Å². The first kappa shape index (κ1) is 37.3. The minimum Gasteiger partial charge on any atom is -0.464 e. The van der Waals surface area contributed by atoms with Crippen molar-refractivity contribution in [1.29, 1.82) is 0 Å². The first-order valence-electron chi connectivity index (χ1n) is 16.4. The highest BCUT2D eigenvalue weighted by Crippen LogP contribution is 2.69. The van der Waals surface area contributed by atoms with Gasteiger partial charge < -0.3 is 38.6 Å². The number of fused-ring (bicyclic) bond motifs is 1. The number of hydrogen-bond acceptors (Lipinski definition) is 13. The van der Waals surface area contributed by atoms with Crippen LogP contribution in [0.25, 0.3) is 0 Å². The number of hydrogen-bond donors (Lipinski definition) is 2. The molecule has 13 nitrogen and oxygen atoms in total. The van der Waals surface area contributed by atoms with Gasteiger partial charge in [0.15, 0.2) is 12.2 Å². The molecule has 0 aromatic heterocycles. The van der Waals surface area contributed by atoms with E-state index in [-0.39, 0.29) is 5.56 Å². The Hall–Kier alpha value is -3.55. The summed E-state index contributed by atoms with van der Waals surface area (Å²) in [5.74, 6) is -6.34. The van der Waals surface area contributed by atoms with E-state index in [0.29, 0.717) is 6.42 Å². The van der Waals surface area contributed by atoms with Crippen molar-refractivity contribution < 1.29 is 62.6 Å². The molecule has 1 unspecified atom stereocenters. The summed E-state index contributed by atoms with van der Waals surface area (Å²) in [6.07, 6.45) is -7.98. The number of carbonyl (C=O) groups excluding carboxylic acids is 5. The van der Waals surface area contributed by atoms with Crippen LogP contribution >= 0.6 is 0 Å². The summed E-state index contributed by atoms with van der Waals surface area (Å²) in [6, 6.07) is 7.92. The van der Waals surface area contributed by atoms with Gasteiger partial charge in [-0.25, -0.2) is 4.79 Å². The van der Waals surface area contributed by atoms with Gasteiger partial charge in [0.2, 0.25) is 0 Å². The van der Waals surface area contributed by atoms with E-state index in [2.05, 4.69) is 0 Å². The molecule has 2 aliphatic carbocycles. The Morgan fingerprint density at radius 1 is 0.896 bits per heavy atom. The molecule has 13 heteroatoms. The number of carbonyl (C=O) groups is 5. The zero-order valence-electron chi connectivity index (χ0n) is 29.0. The number of esters is 5. The molecular weight excluding hydrogens is 628 g/mol. The largest absolute Gasteiger partial charge is 0.464 e. The smallest absolute Gasteiger partial charge is 0.338 e. The van der Waals surface area contributed by atoms with E-state index < -0.39 is 113 Å². The fourth-order valence-corrected chi connectivity index (χ4v) is 7.89. The summed E-state index contributed by atoms with van der Waals surface area (Å²) in [5, 5.41) is 25.0. The molecule has 2 saturated carbocycles. The standard InChI is InChI=1S/C35H48O13/c1-10-19(4)30(40)46-25-24-26(38)35(48-32(24,7)8)33(9,42)16-23(44-20(5)36)27(45-21(6)37)34(35,17-43-29(39)18(2)3)28(25)47-31(41)22-14-12-11-13-15-22/h11-15,18-19,23-28,38,42H,10,16-17H2,1-9H3/t19?,23-,24+,25-,26+,27-,28+,33-,34-,35-/m0/s1. The van der Waals surface area contributed by atoms with Gasteiger partial charge in [0, 0.05) is 20.3 Å². The van der Waals surface area contributed by atoms with Crippen molar-refractivity contribution in [3.63, 3.8) is 0 Å². The molecule has 3 aliphatic rings. The predicted octanol–water partition coefficient (Wildman–Crippen LogP) is 2.91.